The molecule has 1 aliphatic rings. The minimum atomic E-state index is -0.577. The van der Waals surface area contributed by atoms with E-state index >= 15 is 0 Å². The Morgan fingerprint density at radius 1 is 0.394 bits per heavy atom. The molecule has 0 bridgehead atoms. The fourth-order valence-electron chi connectivity index (χ4n) is 3.30. The third-order valence-corrected chi connectivity index (χ3v) is 8.30. The van der Waals surface area contributed by atoms with Crippen LogP contribution >= 0.6 is 95.6 Å². The van der Waals surface area contributed by atoms with Gasteiger partial charge in [-0.25, -0.2) is 0 Å². The second-order valence-electron chi connectivity index (χ2n) is 7.31. The summed E-state index contributed by atoms with van der Waals surface area (Å²) in [5.74, 6) is 0. The summed E-state index contributed by atoms with van der Waals surface area (Å²) in [5.41, 5.74) is 6.11. The summed E-state index contributed by atoms with van der Waals surface area (Å²) in [7, 11) is -1.73. The van der Waals surface area contributed by atoms with Crippen molar-refractivity contribution in [1.29, 1.82) is 0 Å². The molecule has 3 nitrogen and oxygen atoms in total. The van der Waals surface area contributed by atoms with Gasteiger partial charge in [-0.3, -0.25) is 0 Å². The maximum atomic E-state index is 6.27. The molecule has 0 atom stereocenters. The second-order valence-corrected chi connectivity index (χ2v) is 16.5. The van der Waals surface area contributed by atoms with E-state index in [1.54, 1.807) is 0 Å². The molecule has 0 amide bonds. The van der Waals surface area contributed by atoms with Gasteiger partial charge in [0.15, 0.2) is 0 Å². The predicted octanol–water partition coefficient (Wildman–Crippen LogP) is 6.60. The van der Waals surface area contributed by atoms with E-state index in [9.17, 15) is 0 Å². The molecule has 1 aliphatic heterocycles. The van der Waals surface area contributed by atoms with Gasteiger partial charge in [0, 0.05) is 0 Å². The highest BCUT2D eigenvalue weighted by atomic mass is 79.9. The maximum Gasteiger partial charge on any atom is 0.467 e. The highest BCUT2D eigenvalue weighted by molar-refractivity contribution is 9.24. The lowest BCUT2D eigenvalue weighted by Crippen LogP contribution is -2.61. The van der Waals surface area contributed by atoms with Crippen LogP contribution in [-0.2, 0) is 13.7 Å². The standard InChI is InChI=1S/C21H15B3Br6O3/c25-19(26)13-1-7-16(8-2-13)22-31-23(17-9-3-14(4-10-17)20(27)28)33-24(32-22)18-11-5-15(6-12-18)21(29)30/h1-12,19-21H. The molecule has 0 N–H and O–H groups in total. The van der Waals surface area contributed by atoms with E-state index in [0.717, 1.165) is 33.1 Å². The average Bonchev–Trinajstić information content (AvgIpc) is 2.84. The Balaban J connectivity index is 1.63. The van der Waals surface area contributed by atoms with Crippen LogP contribution in [0, 0.1) is 0 Å². The van der Waals surface area contributed by atoms with E-state index in [4.69, 9.17) is 13.7 Å². The minimum Gasteiger partial charge on any atom is -0.445 e. The Bertz CT molecular complexity index is 910. The number of benzene rings is 3. The number of rotatable bonds is 6. The summed E-state index contributed by atoms with van der Waals surface area (Å²) < 4.78 is 19.1. The summed E-state index contributed by atoms with van der Waals surface area (Å²) in [6, 6.07) is 24.3. The van der Waals surface area contributed by atoms with Gasteiger partial charge in [-0.2, -0.15) is 0 Å². The Labute approximate surface area is 245 Å². The number of hydrogen-bond acceptors (Lipinski definition) is 3. The van der Waals surface area contributed by atoms with E-state index in [1.165, 1.54) is 0 Å². The first-order chi connectivity index (χ1) is 15.8. The lowest BCUT2D eigenvalue weighted by Gasteiger charge is -2.31. The molecule has 33 heavy (non-hydrogen) atoms. The van der Waals surface area contributed by atoms with Crippen LogP contribution in [0.4, 0.5) is 0 Å². The van der Waals surface area contributed by atoms with Gasteiger partial charge in [0.2, 0.25) is 0 Å². The Hall–Kier alpha value is 0.615. The Kier molecular flexibility index (Phi) is 9.89. The highest BCUT2D eigenvalue weighted by Crippen LogP contribution is 2.30. The lowest BCUT2D eigenvalue weighted by atomic mass is 9.61. The van der Waals surface area contributed by atoms with E-state index < -0.39 is 21.4 Å². The molecule has 0 unspecified atom stereocenters. The van der Waals surface area contributed by atoms with Crippen LogP contribution in [0.3, 0.4) is 0 Å². The zero-order valence-corrected chi connectivity index (χ0v) is 26.4. The van der Waals surface area contributed by atoms with Crippen molar-refractivity contribution in [3.63, 3.8) is 0 Å². The Morgan fingerprint density at radius 2 is 0.606 bits per heavy atom. The molecular formula is C21H15B3Br6O3. The number of alkyl halides is 6. The van der Waals surface area contributed by atoms with Crippen molar-refractivity contribution in [3.05, 3.63) is 89.5 Å². The minimum absolute atomic E-state index is 0.0912. The highest BCUT2D eigenvalue weighted by Gasteiger charge is 2.43. The van der Waals surface area contributed by atoms with Gasteiger partial charge in [0.1, 0.15) is 0 Å². The average molecular weight is 827 g/mol. The van der Waals surface area contributed by atoms with Gasteiger partial charge in [-0.1, -0.05) is 168 Å². The van der Waals surface area contributed by atoms with Crippen LogP contribution in [0.5, 0.6) is 0 Å². The smallest absolute Gasteiger partial charge is 0.445 e. The lowest BCUT2D eigenvalue weighted by molar-refractivity contribution is 0.308. The van der Waals surface area contributed by atoms with Crippen LogP contribution in [0.25, 0.3) is 0 Å². The topological polar surface area (TPSA) is 27.7 Å². The van der Waals surface area contributed by atoms with Gasteiger partial charge >= 0.3 is 21.4 Å². The molecule has 1 heterocycles. The SMILES string of the molecule is BrC(Br)c1ccc(B2OB(c3ccc(C(Br)Br)cc3)OB(c3ccc(C(Br)Br)cc3)O2)cc1. The van der Waals surface area contributed by atoms with Crippen molar-refractivity contribution < 1.29 is 13.7 Å². The van der Waals surface area contributed by atoms with E-state index in [2.05, 4.69) is 95.6 Å². The summed E-state index contributed by atoms with van der Waals surface area (Å²) in [6.07, 6.45) is 0. The maximum absolute atomic E-state index is 6.27. The van der Waals surface area contributed by atoms with E-state index in [-0.39, 0.29) is 11.2 Å². The summed E-state index contributed by atoms with van der Waals surface area (Å²) in [6.45, 7) is 0. The molecule has 4 rings (SSSR count). The van der Waals surface area contributed by atoms with Crippen LogP contribution in [-0.4, -0.2) is 21.4 Å². The molecule has 1 fully saturated rings. The predicted molar refractivity (Wildman–Crippen MR) is 161 cm³/mol. The number of hydrogen-bond donors (Lipinski definition) is 0. The molecular weight excluding hydrogens is 812 g/mol. The van der Waals surface area contributed by atoms with Gasteiger partial charge in [-0.15, -0.1) is 0 Å². The quantitative estimate of drug-likeness (QED) is 0.207. The van der Waals surface area contributed by atoms with Crippen molar-refractivity contribution in [1.82, 2.24) is 0 Å². The van der Waals surface area contributed by atoms with Crippen LogP contribution < -0.4 is 16.4 Å². The molecule has 168 valence electrons. The zero-order valence-electron chi connectivity index (χ0n) is 16.9. The van der Waals surface area contributed by atoms with Crippen molar-refractivity contribution in [2.45, 2.75) is 11.2 Å². The second kappa shape index (κ2) is 12.2. The molecule has 12 heteroatoms. The molecule has 0 aliphatic carbocycles. The van der Waals surface area contributed by atoms with Crippen molar-refractivity contribution in [2.75, 3.05) is 0 Å². The molecule has 3 aromatic carbocycles. The summed E-state index contributed by atoms with van der Waals surface area (Å²) in [4.78, 5) is 0. The molecule has 0 saturated carbocycles. The van der Waals surface area contributed by atoms with Gasteiger partial charge in [-0.05, 0) is 33.1 Å². The third-order valence-electron chi connectivity index (χ3n) is 5.12. The van der Waals surface area contributed by atoms with Crippen molar-refractivity contribution in [2.24, 2.45) is 0 Å². The first kappa shape index (κ1) is 26.7. The number of halogens is 6. The van der Waals surface area contributed by atoms with Crippen LogP contribution in [0.15, 0.2) is 72.8 Å². The molecule has 0 radical (unpaired) electrons. The van der Waals surface area contributed by atoms with Gasteiger partial charge in [0.25, 0.3) is 0 Å². The fourth-order valence-corrected chi connectivity index (χ4v) is 5.13. The summed E-state index contributed by atoms with van der Waals surface area (Å²) >= 11 is 21.2. The Morgan fingerprint density at radius 3 is 0.788 bits per heavy atom. The van der Waals surface area contributed by atoms with Crippen molar-refractivity contribution >= 4 is 133 Å². The summed E-state index contributed by atoms with van der Waals surface area (Å²) in [5, 5.41) is 0. The third kappa shape index (κ3) is 6.89. The molecule has 3 aromatic rings. The normalized spacial score (nSPS) is 14.6. The van der Waals surface area contributed by atoms with Crippen LogP contribution in [0.1, 0.15) is 27.9 Å². The van der Waals surface area contributed by atoms with Gasteiger partial charge < -0.3 is 13.7 Å². The zero-order chi connectivity index (χ0) is 23.5. The first-order valence-corrected chi connectivity index (χ1v) is 15.4. The fraction of sp³-hybridized carbons (Fsp3) is 0.143. The van der Waals surface area contributed by atoms with Gasteiger partial charge in [0.05, 0.1) is 11.2 Å². The molecule has 0 spiro atoms. The molecule has 0 aromatic heterocycles. The van der Waals surface area contributed by atoms with Crippen LogP contribution in [0.2, 0.25) is 0 Å². The van der Waals surface area contributed by atoms with Crippen molar-refractivity contribution in [3.8, 4) is 0 Å². The monoisotopic (exact) mass is 822 g/mol. The van der Waals surface area contributed by atoms with E-state index in [1.807, 2.05) is 72.8 Å². The first-order valence-electron chi connectivity index (χ1n) is 9.92. The van der Waals surface area contributed by atoms with E-state index in [0.29, 0.717) is 0 Å². The largest absolute Gasteiger partial charge is 0.467 e. The molecule has 1 saturated heterocycles.